The molecule has 0 radical (unpaired) electrons. The summed E-state index contributed by atoms with van der Waals surface area (Å²) in [6.07, 6.45) is 6.37. The van der Waals surface area contributed by atoms with Gasteiger partial charge >= 0.3 is 0 Å². The van der Waals surface area contributed by atoms with E-state index in [0.717, 1.165) is 19.4 Å². The summed E-state index contributed by atoms with van der Waals surface area (Å²) in [7, 11) is 0. The zero-order valence-corrected chi connectivity index (χ0v) is 11.3. The molecule has 1 aliphatic carbocycles. The van der Waals surface area contributed by atoms with Crippen LogP contribution in [0.5, 0.6) is 0 Å². The van der Waals surface area contributed by atoms with Crippen molar-refractivity contribution in [2.45, 2.75) is 43.4 Å². The Morgan fingerprint density at radius 1 is 1.47 bits per heavy atom. The van der Waals surface area contributed by atoms with Gasteiger partial charge in [-0.3, -0.25) is 9.59 Å². The van der Waals surface area contributed by atoms with E-state index in [2.05, 4.69) is 11.6 Å². The summed E-state index contributed by atoms with van der Waals surface area (Å²) < 4.78 is 0.209. The molecule has 0 spiro atoms. The predicted octanol–water partition coefficient (Wildman–Crippen LogP) is 1.01. The van der Waals surface area contributed by atoms with Crippen LogP contribution in [0.2, 0.25) is 0 Å². The van der Waals surface area contributed by atoms with Crippen molar-refractivity contribution >= 4 is 23.6 Å². The van der Waals surface area contributed by atoms with E-state index in [1.54, 1.807) is 4.90 Å². The first kappa shape index (κ1) is 12.7. The zero-order chi connectivity index (χ0) is 12.5. The Kier molecular flexibility index (Phi) is 3.66. The Morgan fingerprint density at radius 2 is 2.18 bits per heavy atom. The molecule has 4 nitrogen and oxygen atoms in total. The lowest BCUT2D eigenvalue weighted by Crippen LogP contribution is -2.61. The van der Waals surface area contributed by atoms with Crippen LogP contribution in [0.3, 0.4) is 0 Å². The highest BCUT2D eigenvalue weighted by Crippen LogP contribution is 2.43. The van der Waals surface area contributed by atoms with Crippen LogP contribution in [0.25, 0.3) is 0 Å². The normalized spacial score (nSPS) is 27.6. The van der Waals surface area contributed by atoms with Crippen molar-refractivity contribution in [2.75, 3.05) is 19.3 Å². The Bertz CT molecular complexity index is 323. The third kappa shape index (κ3) is 2.30. The molecule has 1 atom stereocenters. The first-order chi connectivity index (χ1) is 8.12. The van der Waals surface area contributed by atoms with Crippen molar-refractivity contribution in [3.63, 3.8) is 0 Å². The van der Waals surface area contributed by atoms with Gasteiger partial charge in [-0.1, -0.05) is 13.3 Å². The summed E-state index contributed by atoms with van der Waals surface area (Å²) in [6.45, 7) is 2.86. The van der Waals surface area contributed by atoms with Gasteiger partial charge in [0.15, 0.2) is 0 Å². The van der Waals surface area contributed by atoms with Crippen LogP contribution < -0.4 is 5.32 Å². The molecule has 0 aromatic carbocycles. The number of hydrogen-bond acceptors (Lipinski definition) is 3. The maximum absolute atomic E-state index is 11.9. The van der Waals surface area contributed by atoms with Gasteiger partial charge in [0.1, 0.15) is 6.04 Å². The lowest BCUT2D eigenvalue weighted by Gasteiger charge is -2.46. The number of carbonyl (C=O) groups is 2. The molecule has 0 bridgehead atoms. The molecule has 0 aromatic heterocycles. The smallest absolute Gasteiger partial charge is 0.243 e. The van der Waals surface area contributed by atoms with Crippen LogP contribution in [0.4, 0.5) is 0 Å². The van der Waals surface area contributed by atoms with Crippen LogP contribution in [0.15, 0.2) is 0 Å². The minimum Gasteiger partial charge on any atom is -0.345 e. The summed E-state index contributed by atoms with van der Waals surface area (Å²) in [5.74, 6) is 0.0689. The summed E-state index contributed by atoms with van der Waals surface area (Å²) in [6, 6.07) is -0.263. The lowest BCUT2D eigenvalue weighted by molar-refractivity contribution is -0.146. The molecule has 5 heteroatoms. The summed E-state index contributed by atoms with van der Waals surface area (Å²) in [5, 5.41) is 2.67. The number of hydrogen-bond donors (Lipinski definition) is 1. The largest absolute Gasteiger partial charge is 0.345 e. The first-order valence-electron chi connectivity index (χ1n) is 6.24. The van der Waals surface area contributed by atoms with E-state index in [1.165, 1.54) is 6.42 Å². The molecule has 2 amide bonds. The Morgan fingerprint density at radius 3 is 2.65 bits per heavy atom. The molecule has 1 saturated heterocycles. The Balaban J connectivity index is 2.10. The van der Waals surface area contributed by atoms with Crippen molar-refractivity contribution in [1.29, 1.82) is 0 Å². The fraction of sp³-hybridized carbons (Fsp3) is 0.833. The molecular weight excluding hydrogens is 236 g/mol. The highest BCUT2D eigenvalue weighted by molar-refractivity contribution is 8.00. The molecule has 0 aromatic rings. The first-order valence-corrected chi connectivity index (χ1v) is 7.47. The average Bonchev–Trinajstić information content (AvgIpc) is 2.28. The van der Waals surface area contributed by atoms with Gasteiger partial charge < -0.3 is 10.2 Å². The van der Waals surface area contributed by atoms with Crippen LogP contribution >= 0.6 is 11.8 Å². The standard InChI is InChI=1S/C12H20N2O2S/c1-3-9-11(16)13-7-10(15)14(9)8-12(17-2)5-4-6-12/h9H,3-8H2,1-2H3,(H,13,16). The second-order valence-electron chi connectivity index (χ2n) is 4.90. The molecular formula is C12H20N2O2S. The van der Waals surface area contributed by atoms with E-state index < -0.39 is 0 Å². The summed E-state index contributed by atoms with van der Waals surface area (Å²) in [4.78, 5) is 25.5. The highest BCUT2D eigenvalue weighted by Gasteiger charge is 2.43. The van der Waals surface area contributed by atoms with Crippen molar-refractivity contribution < 1.29 is 9.59 Å². The predicted molar refractivity (Wildman–Crippen MR) is 68.9 cm³/mol. The number of carbonyl (C=O) groups excluding carboxylic acids is 2. The number of thioether (sulfide) groups is 1. The van der Waals surface area contributed by atoms with Gasteiger partial charge in [0.05, 0.1) is 6.54 Å². The minimum absolute atomic E-state index is 0.00248. The van der Waals surface area contributed by atoms with Gasteiger partial charge in [0.2, 0.25) is 11.8 Å². The monoisotopic (exact) mass is 256 g/mol. The van der Waals surface area contributed by atoms with Gasteiger partial charge in [-0.05, 0) is 25.5 Å². The van der Waals surface area contributed by atoms with Crippen molar-refractivity contribution in [3.8, 4) is 0 Å². The number of rotatable bonds is 4. The molecule has 2 fully saturated rings. The van der Waals surface area contributed by atoms with E-state index in [0.29, 0.717) is 6.42 Å². The highest BCUT2D eigenvalue weighted by atomic mass is 32.2. The van der Waals surface area contributed by atoms with E-state index in [-0.39, 0.29) is 29.1 Å². The van der Waals surface area contributed by atoms with Crippen molar-refractivity contribution in [2.24, 2.45) is 0 Å². The minimum atomic E-state index is -0.263. The average molecular weight is 256 g/mol. The van der Waals surface area contributed by atoms with Gasteiger partial charge in [0, 0.05) is 11.3 Å². The second-order valence-corrected chi connectivity index (χ2v) is 6.18. The summed E-state index contributed by atoms with van der Waals surface area (Å²) >= 11 is 1.84. The number of nitrogens with zero attached hydrogens (tertiary/aromatic N) is 1. The van der Waals surface area contributed by atoms with Crippen LogP contribution in [0, 0.1) is 0 Å². The Labute approximate surface area is 106 Å². The fourth-order valence-corrected chi connectivity index (χ4v) is 3.58. The van der Waals surface area contributed by atoms with Gasteiger partial charge in [0.25, 0.3) is 0 Å². The number of piperazine rings is 1. The third-order valence-corrected chi connectivity index (χ3v) is 5.36. The SMILES string of the molecule is CCC1C(=O)NCC(=O)N1CC1(SC)CCC1. The molecule has 1 unspecified atom stereocenters. The van der Waals surface area contributed by atoms with E-state index >= 15 is 0 Å². The van der Waals surface area contributed by atoms with Crippen molar-refractivity contribution in [1.82, 2.24) is 10.2 Å². The molecule has 2 aliphatic rings. The Hall–Kier alpha value is -0.710. The maximum atomic E-state index is 11.9. The molecule has 1 heterocycles. The number of nitrogens with one attached hydrogen (secondary N) is 1. The fourth-order valence-electron chi connectivity index (χ4n) is 2.61. The lowest BCUT2D eigenvalue weighted by atomic mass is 9.83. The van der Waals surface area contributed by atoms with E-state index in [9.17, 15) is 9.59 Å². The van der Waals surface area contributed by atoms with Gasteiger partial charge in [-0.25, -0.2) is 0 Å². The number of amides is 2. The summed E-state index contributed by atoms with van der Waals surface area (Å²) in [5.41, 5.74) is 0. The van der Waals surface area contributed by atoms with Crippen LogP contribution in [-0.4, -0.2) is 46.8 Å². The van der Waals surface area contributed by atoms with Crippen LogP contribution in [0.1, 0.15) is 32.6 Å². The van der Waals surface area contributed by atoms with Gasteiger partial charge in [-0.15, -0.1) is 0 Å². The van der Waals surface area contributed by atoms with Crippen LogP contribution in [-0.2, 0) is 9.59 Å². The topological polar surface area (TPSA) is 49.4 Å². The molecule has 96 valence electrons. The zero-order valence-electron chi connectivity index (χ0n) is 10.5. The van der Waals surface area contributed by atoms with Crippen molar-refractivity contribution in [3.05, 3.63) is 0 Å². The maximum Gasteiger partial charge on any atom is 0.243 e. The molecule has 17 heavy (non-hydrogen) atoms. The third-order valence-electron chi connectivity index (χ3n) is 3.96. The van der Waals surface area contributed by atoms with Gasteiger partial charge in [-0.2, -0.15) is 11.8 Å². The second kappa shape index (κ2) is 4.88. The molecule has 1 N–H and O–H groups in total. The van der Waals surface area contributed by atoms with E-state index in [1.807, 2.05) is 18.7 Å². The molecule has 1 aliphatic heterocycles. The molecule has 2 rings (SSSR count). The quantitative estimate of drug-likeness (QED) is 0.816. The van der Waals surface area contributed by atoms with E-state index in [4.69, 9.17) is 0 Å². The molecule has 1 saturated carbocycles.